The second kappa shape index (κ2) is 5.28. The Labute approximate surface area is 119 Å². The zero-order valence-corrected chi connectivity index (χ0v) is 12.6. The molecule has 1 aliphatic heterocycles. The molecule has 1 aromatic rings. The molecule has 2 rings (SSSR count). The van der Waals surface area contributed by atoms with Crippen LogP contribution in [0.3, 0.4) is 0 Å². The zero-order chi connectivity index (χ0) is 13.4. The minimum absolute atomic E-state index is 0.119. The van der Waals surface area contributed by atoms with Gasteiger partial charge in [0, 0.05) is 11.8 Å². The fraction of sp³-hybridized carbons (Fsp3) is 0.600. The van der Waals surface area contributed by atoms with E-state index in [-0.39, 0.29) is 16.3 Å². The van der Waals surface area contributed by atoms with E-state index >= 15 is 0 Å². The summed E-state index contributed by atoms with van der Waals surface area (Å²) in [6.07, 6.45) is 0.479. The molecule has 18 heavy (non-hydrogen) atoms. The number of aliphatic hydroxyl groups is 1. The standard InChI is InChI=1S/C10H12Br2N2O4/c1-4-2-14(10(17)13-8(4)16)9-7(12)6(11)5(3-15)18-9/h2,5-7,9,15H,3H2,1H3,(H,13,16,17)/t5-,6-,7-,9-/m1/s1. The molecule has 0 aliphatic carbocycles. The normalized spacial score (nSPS) is 31.8. The summed E-state index contributed by atoms with van der Waals surface area (Å²) in [6, 6.07) is 0. The molecule has 4 atom stereocenters. The van der Waals surface area contributed by atoms with Gasteiger partial charge in [-0.05, 0) is 6.92 Å². The van der Waals surface area contributed by atoms with Gasteiger partial charge < -0.3 is 9.84 Å². The van der Waals surface area contributed by atoms with E-state index in [2.05, 4.69) is 36.8 Å². The predicted molar refractivity (Wildman–Crippen MR) is 72.5 cm³/mol. The van der Waals surface area contributed by atoms with Crippen LogP contribution in [0.2, 0.25) is 0 Å². The Morgan fingerprint density at radius 3 is 2.67 bits per heavy atom. The smallest absolute Gasteiger partial charge is 0.330 e. The third-order valence-electron chi connectivity index (χ3n) is 2.85. The Kier molecular flexibility index (Phi) is 4.10. The molecule has 1 aliphatic rings. The molecule has 100 valence electrons. The second-order valence-corrected chi connectivity index (χ2v) is 6.23. The summed E-state index contributed by atoms with van der Waals surface area (Å²) in [5, 5.41) is 9.17. The highest BCUT2D eigenvalue weighted by Gasteiger charge is 2.42. The molecule has 8 heteroatoms. The number of ether oxygens (including phenoxy) is 1. The van der Waals surface area contributed by atoms with Crippen LogP contribution in [-0.4, -0.2) is 37.0 Å². The summed E-state index contributed by atoms with van der Waals surface area (Å²) in [6.45, 7) is 1.47. The number of aryl methyl sites for hydroxylation is 1. The molecule has 2 N–H and O–H groups in total. The number of aromatic nitrogens is 2. The van der Waals surface area contributed by atoms with Crippen LogP contribution >= 0.6 is 31.9 Å². The van der Waals surface area contributed by atoms with E-state index in [1.54, 1.807) is 6.92 Å². The molecule has 0 bridgehead atoms. The number of hydrogen-bond acceptors (Lipinski definition) is 4. The molecule has 1 saturated heterocycles. The van der Waals surface area contributed by atoms with Crippen LogP contribution < -0.4 is 11.2 Å². The number of alkyl halides is 2. The van der Waals surface area contributed by atoms with Crippen molar-refractivity contribution >= 4 is 31.9 Å². The quantitative estimate of drug-likeness (QED) is 0.717. The van der Waals surface area contributed by atoms with Crippen LogP contribution in [0.15, 0.2) is 15.8 Å². The molecule has 2 heterocycles. The van der Waals surface area contributed by atoms with Gasteiger partial charge in [0.2, 0.25) is 0 Å². The summed E-state index contributed by atoms with van der Waals surface area (Å²) in [5.74, 6) is 0. The molecule has 0 saturated carbocycles. The average Bonchev–Trinajstić information content (AvgIpc) is 2.61. The Morgan fingerprint density at radius 2 is 2.11 bits per heavy atom. The van der Waals surface area contributed by atoms with Gasteiger partial charge in [-0.15, -0.1) is 0 Å². The van der Waals surface area contributed by atoms with Gasteiger partial charge in [-0.25, -0.2) is 4.79 Å². The van der Waals surface area contributed by atoms with Crippen molar-refractivity contribution in [3.63, 3.8) is 0 Å². The maximum Gasteiger partial charge on any atom is 0.330 e. The third kappa shape index (κ3) is 2.34. The Morgan fingerprint density at radius 1 is 1.44 bits per heavy atom. The van der Waals surface area contributed by atoms with E-state index < -0.39 is 23.6 Å². The van der Waals surface area contributed by atoms with E-state index in [9.17, 15) is 9.59 Å². The molecular formula is C10H12Br2N2O4. The highest BCUT2D eigenvalue weighted by Crippen LogP contribution is 2.37. The molecule has 0 spiro atoms. The van der Waals surface area contributed by atoms with Crippen LogP contribution in [0.25, 0.3) is 0 Å². The van der Waals surface area contributed by atoms with Crippen molar-refractivity contribution in [1.29, 1.82) is 0 Å². The second-order valence-electron chi connectivity index (χ2n) is 4.12. The molecule has 0 radical (unpaired) electrons. The van der Waals surface area contributed by atoms with E-state index in [0.29, 0.717) is 5.56 Å². The van der Waals surface area contributed by atoms with Gasteiger partial charge in [-0.2, -0.15) is 0 Å². The maximum absolute atomic E-state index is 11.8. The molecule has 0 unspecified atom stereocenters. The van der Waals surface area contributed by atoms with E-state index in [0.717, 1.165) is 0 Å². The summed E-state index contributed by atoms with van der Waals surface area (Å²) in [5.41, 5.74) is -0.510. The SMILES string of the molecule is Cc1cn([C@@H]2O[C@H](CO)[C@@H](Br)[C@H]2Br)c(=O)[nH]c1=O. The van der Waals surface area contributed by atoms with Crippen LogP contribution in [0.4, 0.5) is 0 Å². The minimum Gasteiger partial charge on any atom is -0.394 e. The first kappa shape index (κ1) is 14.0. The van der Waals surface area contributed by atoms with E-state index in [1.165, 1.54) is 10.8 Å². The lowest BCUT2D eigenvalue weighted by Crippen LogP contribution is -2.35. The number of halogens is 2. The molecular weight excluding hydrogens is 372 g/mol. The van der Waals surface area contributed by atoms with Crippen LogP contribution in [-0.2, 0) is 4.74 Å². The highest BCUT2D eigenvalue weighted by atomic mass is 79.9. The Bertz CT molecular complexity index is 556. The fourth-order valence-electron chi connectivity index (χ4n) is 1.83. The molecule has 1 aromatic heterocycles. The number of hydrogen-bond donors (Lipinski definition) is 2. The average molecular weight is 384 g/mol. The summed E-state index contributed by atoms with van der Waals surface area (Å²) >= 11 is 6.84. The monoisotopic (exact) mass is 382 g/mol. The number of nitrogens with zero attached hydrogens (tertiary/aromatic N) is 1. The zero-order valence-electron chi connectivity index (χ0n) is 9.47. The molecule has 0 aromatic carbocycles. The number of aromatic amines is 1. The Balaban J connectivity index is 2.42. The minimum atomic E-state index is -0.574. The van der Waals surface area contributed by atoms with Crippen LogP contribution in [0, 0.1) is 6.92 Å². The Hall–Kier alpha value is -0.440. The van der Waals surface area contributed by atoms with Gasteiger partial charge in [0.05, 0.1) is 22.4 Å². The van der Waals surface area contributed by atoms with Crippen molar-refractivity contribution in [2.45, 2.75) is 28.9 Å². The largest absolute Gasteiger partial charge is 0.394 e. The first-order chi connectivity index (χ1) is 8.45. The maximum atomic E-state index is 11.8. The van der Waals surface area contributed by atoms with E-state index in [1.807, 2.05) is 0 Å². The first-order valence-electron chi connectivity index (χ1n) is 5.32. The first-order valence-corrected chi connectivity index (χ1v) is 7.15. The molecule has 0 amide bonds. The van der Waals surface area contributed by atoms with Gasteiger partial charge in [-0.3, -0.25) is 14.3 Å². The van der Waals surface area contributed by atoms with Gasteiger partial charge >= 0.3 is 5.69 Å². The van der Waals surface area contributed by atoms with Gasteiger partial charge in [0.1, 0.15) is 0 Å². The lowest BCUT2D eigenvalue weighted by atomic mass is 10.2. The van der Waals surface area contributed by atoms with Crippen molar-refractivity contribution in [2.75, 3.05) is 6.61 Å². The molecule has 6 nitrogen and oxygen atoms in total. The summed E-state index contributed by atoms with van der Waals surface area (Å²) in [4.78, 5) is 25.0. The molecule has 1 fully saturated rings. The van der Waals surface area contributed by atoms with Crippen LogP contribution in [0.1, 0.15) is 11.8 Å². The highest BCUT2D eigenvalue weighted by molar-refractivity contribution is 9.12. The van der Waals surface area contributed by atoms with Crippen molar-refractivity contribution in [3.8, 4) is 0 Å². The van der Waals surface area contributed by atoms with Crippen LogP contribution in [0.5, 0.6) is 0 Å². The lowest BCUT2D eigenvalue weighted by Gasteiger charge is -2.17. The van der Waals surface area contributed by atoms with Crippen molar-refractivity contribution < 1.29 is 9.84 Å². The lowest BCUT2D eigenvalue weighted by molar-refractivity contribution is -0.0220. The number of rotatable bonds is 2. The van der Waals surface area contributed by atoms with Gasteiger partial charge in [-0.1, -0.05) is 31.9 Å². The summed E-state index contributed by atoms with van der Waals surface area (Å²) < 4.78 is 6.91. The third-order valence-corrected chi connectivity index (χ3v) is 5.74. The number of nitrogens with one attached hydrogen (secondary N) is 1. The number of aliphatic hydroxyl groups excluding tert-OH is 1. The summed E-state index contributed by atoms with van der Waals surface area (Å²) in [7, 11) is 0. The van der Waals surface area contributed by atoms with E-state index in [4.69, 9.17) is 9.84 Å². The van der Waals surface area contributed by atoms with Gasteiger partial charge in [0.25, 0.3) is 5.56 Å². The fourth-order valence-corrected chi connectivity index (χ4v) is 3.10. The van der Waals surface area contributed by atoms with Crippen molar-refractivity contribution in [2.24, 2.45) is 0 Å². The number of H-pyrrole nitrogens is 1. The predicted octanol–water partition coefficient (Wildman–Crippen LogP) is 0.262. The topological polar surface area (TPSA) is 84.3 Å². The van der Waals surface area contributed by atoms with Crippen molar-refractivity contribution in [1.82, 2.24) is 9.55 Å². The van der Waals surface area contributed by atoms with Gasteiger partial charge in [0.15, 0.2) is 6.23 Å². The van der Waals surface area contributed by atoms with Crippen molar-refractivity contribution in [3.05, 3.63) is 32.6 Å².